The summed E-state index contributed by atoms with van der Waals surface area (Å²) in [4.78, 5) is 32.1. The Morgan fingerprint density at radius 2 is 2.00 bits per heavy atom. The molecule has 0 fully saturated rings. The first kappa shape index (κ1) is 16.9. The van der Waals surface area contributed by atoms with Gasteiger partial charge in [0.1, 0.15) is 5.56 Å². The molecule has 3 aromatic heterocycles. The number of benzene rings is 1. The van der Waals surface area contributed by atoms with Crippen molar-refractivity contribution in [3.8, 4) is 11.3 Å². The van der Waals surface area contributed by atoms with Crippen molar-refractivity contribution in [1.82, 2.24) is 19.6 Å². The van der Waals surface area contributed by atoms with E-state index >= 15 is 0 Å². The van der Waals surface area contributed by atoms with Gasteiger partial charge in [0.15, 0.2) is 10.8 Å². The van der Waals surface area contributed by atoms with Crippen LogP contribution in [0.1, 0.15) is 16.1 Å². The molecule has 0 bridgehead atoms. The summed E-state index contributed by atoms with van der Waals surface area (Å²) in [5.41, 5.74) is 8.26. The number of nitrogens with zero attached hydrogens (tertiary/aromatic N) is 4. The monoisotopic (exact) mass is 378 g/mol. The molecule has 0 saturated carbocycles. The zero-order valence-corrected chi connectivity index (χ0v) is 14.8. The first-order valence-corrected chi connectivity index (χ1v) is 8.92. The standard InChI is InChI=1S/C18H14N6O2S/c19-15(25)8-12-10-27-18(22-12)23-17(26)13-9-21-24-14(6-7-20-16(13)24)11-4-2-1-3-5-11/h1-7,9-10H,8H2,(H2,19,25)(H,22,23,26). The third kappa shape index (κ3) is 3.40. The Labute approximate surface area is 157 Å². The van der Waals surface area contributed by atoms with Crippen molar-refractivity contribution in [3.63, 3.8) is 0 Å². The minimum atomic E-state index is -0.474. The molecule has 4 rings (SSSR count). The zero-order valence-electron chi connectivity index (χ0n) is 14.0. The Morgan fingerprint density at radius 3 is 2.78 bits per heavy atom. The van der Waals surface area contributed by atoms with Gasteiger partial charge in [-0.25, -0.2) is 14.5 Å². The molecule has 0 spiro atoms. The van der Waals surface area contributed by atoms with Crippen LogP contribution < -0.4 is 11.1 Å². The van der Waals surface area contributed by atoms with Gasteiger partial charge in [-0.3, -0.25) is 14.9 Å². The molecule has 0 radical (unpaired) electrons. The smallest absolute Gasteiger partial charge is 0.262 e. The fraction of sp³-hybridized carbons (Fsp3) is 0.0556. The van der Waals surface area contributed by atoms with Crippen LogP contribution in [0.15, 0.2) is 54.2 Å². The molecule has 0 aliphatic heterocycles. The maximum atomic E-state index is 12.6. The number of hydrogen-bond acceptors (Lipinski definition) is 6. The third-order valence-corrected chi connectivity index (χ3v) is 4.65. The first-order chi connectivity index (χ1) is 13.1. The van der Waals surface area contributed by atoms with Gasteiger partial charge in [-0.15, -0.1) is 11.3 Å². The number of nitrogens with one attached hydrogen (secondary N) is 1. The summed E-state index contributed by atoms with van der Waals surface area (Å²) in [6.07, 6.45) is 3.15. The maximum Gasteiger partial charge on any atom is 0.262 e. The zero-order chi connectivity index (χ0) is 18.8. The van der Waals surface area contributed by atoms with E-state index in [1.165, 1.54) is 17.5 Å². The third-order valence-electron chi connectivity index (χ3n) is 3.84. The van der Waals surface area contributed by atoms with Crippen molar-refractivity contribution in [2.75, 3.05) is 5.32 Å². The summed E-state index contributed by atoms with van der Waals surface area (Å²) < 4.78 is 1.63. The van der Waals surface area contributed by atoms with E-state index in [1.807, 2.05) is 36.4 Å². The molecule has 0 saturated heterocycles. The molecule has 9 heteroatoms. The molecule has 2 amide bonds. The SMILES string of the molecule is NC(=O)Cc1csc(NC(=O)c2cnn3c(-c4ccccc4)ccnc23)n1. The second-order valence-corrected chi connectivity index (χ2v) is 6.59. The van der Waals surface area contributed by atoms with Crippen molar-refractivity contribution in [3.05, 3.63) is 65.4 Å². The van der Waals surface area contributed by atoms with Crippen molar-refractivity contribution in [1.29, 1.82) is 0 Å². The Morgan fingerprint density at radius 1 is 1.19 bits per heavy atom. The molecule has 0 atom stereocenters. The second-order valence-electron chi connectivity index (χ2n) is 5.73. The van der Waals surface area contributed by atoms with E-state index in [0.717, 1.165) is 11.3 Å². The lowest BCUT2D eigenvalue weighted by Gasteiger charge is -2.05. The van der Waals surface area contributed by atoms with E-state index in [9.17, 15) is 9.59 Å². The van der Waals surface area contributed by atoms with E-state index < -0.39 is 5.91 Å². The van der Waals surface area contributed by atoms with Crippen molar-refractivity contribution in [2.45, 2.75) is 6.42 Å². The lowest BCUT2D eigenvalue weighted by Crippen LogP contribution is -2.14. The van der Waals surface area contributed by atoms with Crippen molar-refractivity contribution in [2.24, 2.45) is 5.73 Å². The number of anilines is 1. The van der Waals surface area contributed by atoms with Crippen LogP contribution >= 0.6 is 11.3 Å². The number of rotatable bonds is 5. The molecular weight excluding hydrogens is 364 g/mol. The minimum Gasteiger partial charge on any atom is -0.369 e. The molecule has 27 heavy (non-hydrogen) atoms. The molecule has 3 N–H and O–H groups in total. The van der Waals surface area contributed by atoms with Gasteiger partial charge in [0.05, 0.1) is 24.0 Å². The Balaban J connectivity index is 1.63. The van der Waals surface area contributed by atoms with E-state index in [4.69, 9.17) is 5.73 Å². The van der Waals surface area contributed by atoms with Gasteiger partial charge < -0.3 is 5.73 Å². The maximum absolute atomic E-state index is 12.6. The van der Waals surface area contributed by atoms with E-state index in [0.29, 0.717) is 22.0 Å². The highest BCUT2D eigenvalue weighted by Crippen LogP contribution is 2.22. The van der Waals surface area contributed by atoms with Crippen LogP contribution in [-0.2, 0) is 11.2 Å². The fourth-order valence-corrected chi connectivity index (χ4v) is 3.37. The van der Waals surface area contributed by atoms with E-state index in [-0.39, 0.29) is 12.3 Å². The van der Waals surface area contributed by atoms with Crippen LogP contribution in [0.4, 0.5) is 5.13 Å². The summed E-state index contributed by atoms with van der Waals surface area (Å²) in [6.45, 7) is 0. The number of carbonyl (C=O) groups excluding carboxylic acids is 2. The summed E-state index contributed by atoms with van der Waals surface area (Å²) in [5.74, 6) is -0.846. The quantitative estimate of drug-likeness (QED) is 0.552. The number of aromatic nitrogens is 4. The van der Waals surface area contributed by atoms with Crippen LogP contribution in [0.2, 0.25) is 0 Å². The number of fused-ring (bicyclic) bond motifs is 1. The van der Waals surface area contributed by atoms with Crippen molar-refractivity contribution < 1.29 is 9.59 Å². The lowest BCUT2D eigenvalue weighted by atomic mass is 10.1. The lowest BCUT2D eigenvalue weighted by molar-refractivity contribution is -0.117. The van der Waals surface area contributed by atoms with Gasteiger partial charge in [0, 0.05) is 17.1 Å². The molecular formula is C18H14N6O2S. The van der Waals surface area contributed by atoms with Crippen LogP contribution in [0.25, 0.3) is 16.9 Å². The van der Waals surface area contributed by atoms with Gasteiger partial charge in [-0.2, -0.15) is 5.10 Å². The fourth-order valence-electron chi connectivity index (χ4n) is 2.67. The summed E-state index contributed by atoms with van der Waals surface area (Å²) in [5, 5.41) is 9.10. The Bertz CT molecular complexity index is 1140. The van der Waals surface area contributed by atoms with Crippen molar-refractivity contribution >= 4 is 33.9 Å². The number of amides is 2. The number of carbonyl (C=O) groups is 2. The highest BCUT2D eigenvalue weighted by atomic mass is 32.1. The van der Waals surface area contributed by atoms with Gasteiger partial charge in [-0.1, -0.05) is 30.3 Å². The van der Waals surface area contributed by atoms with Crippen LogP contribution in [0, 0.1) is 0 Å². The molecule has 8 nitrogen and oxygen atoms in total. The van der Waals surface area contributed by atoms with Gasteiger partial charge in [-0.05, 0) is 6.07 Å². The summed E-state index contributed by atoms with van der Waals surface area (Å²) >= 11 is 1.22. The molecule has 134 valence electrons. The van der Waals surface area contributed by atoms with E-state index in [1.54, 1.807) is 16.1 Å². The molecule has 0 aliphatic carbocycles. The molecule has 4 aromatic rings. The molecule has 1 aromatic carbocycles. The topological polar surface area (TPSA) is 115 Å². The highest BCUT2D eigenvalue weighted by Gasteiger charge is 2.17. The minimum absolute atomic E-state index is 0.0328. The molecule has 0 aliphatic rings. The predicted molar refractivity (Wildman–Crippen MR) is 101 cm³/mol. The predicted octanol–water partition coefficient (Wildman–Crippen LogP) is 2.13. The first-order valence-electron chi connectivity index (χ1n) is 8.04. The normalized spacial score (nSPS) is 10.8. The average Bonchev–Trinajstić information content (AvgIpc) is 3.28. The van der Waals surface area contributed by atoms with E-state index in [2.05, 4.69) is 20.4 Å². The van der Waals surface area contributed by atoms with Crippen LogP contribution in [0.3, 0.4) is 0 Å². The van der Waals surface area contributed by atoms with Crippen LogP contribution in [0.5, 0.6) is 0 Å². The number of nitrogens with two attached hydrogens (primary N) is 1. The average molecular weight is 378 g/mol. The van der Waals surface area contributed by atoms with Gasteiger partial charge in [0.2, 0.25) is 5.91 Å². The Kier molecular flexibility index (Phi) is 4.35. The molecule has 0 unspecified atom stereocenters. The van der Waals surface area contributed by atoms with Gasteiger partial charge in [0.25, 0.3) is 5.91 Å². The van der Waals surface area contributed by atoms with Crippen LogP contribution in [-0.4, -0.2) is 31.4 Å². The summed E-state index contributed by atoms with van der Waals surface area (Å²) in [6, 6.07) is 11.6. The highest BCUT2D eigenvalue weighted by molar-refractivity contribution is 7.14. The largest absolute Gasteiger partial charge is 0.369 e. The number of thiazole rings is 1. The second kappa shape index (κ2) is 6.96. The number of primary amides is 1. The number of hydrogen-bond donors (Lipinski definition) is 2. The molecule has 3 heterocycles. The summed E-state index contributed by atoms with van der Waals surface area (Å²) in [7, 11) is 0. The Hall–Kier alpha value is -3.59. The van der Waals surface area contributed by atoms with Gasteiger partial charge >= 0.3 is 0 Å².